The largest absolute Gasteiger partial charge is 0.342 e. The smallest absolute Gasteiger partial charge is 0.325 e. The van der Waals surface area contributed by atoms with Crippen LogP contribution in [0.2, 0.25) is 0 Å². The Hall–Kier alpha value is -2.38. The average Bonchev–Trinajstić information content (AvgIpc) is 3.19. The van der Waals surface area contributed by atoms with Crippen LogP contribution in [-0.4, -0.2) is 62.6 Å². The molecule has 2 saturated heterocycles. The Balaban J connectivity index is 1.54. The predicted octanol–water partition coefficient (Wildman–Crippen LogP) is 1.23. The first-order valence-corrected chi connectivity index (χ1v) is 9.30. The number of imide groups is 1. The van der Waals surface area contributed by atoms with Crippen LogP contribution in [0.5, 0.6) is 0 Å². The number of urea groups is 1. The molecule has 26 heavy (non-hydrogen) atoms. The Kier molecular flexibility index (Phi) is 5.29. The van der Waals surface area contributed by atoms with Crippen molar-refractivity contribution in [2.45, 2.75) is 51.6 Å². The standard InChI is InChI=1S/C18H27N5O3/c1-14(2)13-23-17(26)20-16(25)18(23)6-11-21(12-7-18)15(24)5-3-9-22-10-4-8-19-22/h4,8,10,14H,3,5-7,9,11-13H2,1-2H3,(H,20,25,26). The molecule has 1 aromatic rings. The number of hydrogen-bond donors (Lipinski definition) is 1. The van der Waals surface area contributed by atoms with Crippen LogP contribution in [0.3, 0.4) is 0 Å². The van der Waals surface area contributed by atoms with E-state index >= 15 is 0 Å². The first kappa shape index (κ1) is 18.4. The molecule has 0 aliphatic carbocycles. The van der Waals surface area contributed by atoms with Gasteiger partial charge >= 0.3 is 6.03 Å². The maximum atomic E-state index is 12.5. The van der Waals surface area contributed by atoms with E-state index in [1.54, 1.807) is 11.1 Å². The molecule has 3 rings (SSSR count). The van der Waals surface area contributed by atoms with Gasteiger partial charge in [0.2, 0.25) is 5.91 Å². The molecule has 1 aromatic heterocycles. The molecule has 142 valence electrons. The fourth-order valence-corrected chi connectivity index (χ4v) is 3.83. The third-order valence-corrected chi connectivity index (χ3v) is 5.23. The van der Waals surface area contributed by atoms with Gasteiger partial charge in [-0.2, -0.15) is 5.10 Å². The molecule has 0 atom stereocenters. The van der Waals surface area contributed by atoms with Crippen molar-refractivity contribution in [3.05, 3.63) is 18.5 Å². The number of likely N-dealkylation sites (tertiary alicyclic amines) is 1. The molecule has 2 aliphatic heterocycles. The van der Waals surface area contributed by atoms with Gasteiger partial charge in [-0.15, -0.1) is 0 Å². The molecule has 4 amide bonds. The number of aromatic nitrogens is 2. The van der Waals surface area contributed by atoms with Crippen molar-refractivity contribution in [3.63, 3.8) is 0 Å². The molecule has 3 heterocycles. The summed E-state index contributed by atoms with van der Waals surface area (Å²) in [6, 6.07) is 1.56. The van der Waals surface area contributed by atoms with E-state index in [1.165, 1.54) is 0 Å². The summed E-state index contributed by atoms with van der Waals surface area (Å²) in [6.45, 7) is 6.35. The van der Waals surface area contributed by atoms with Crippen LogP contribution in [-0.2, 0) is 16.1 Å². The number of carbonyl (C=O) groups excluding carboxylic acids is 3. The molecule has 1 spiro atoms. The molecular weight excluding hydrogens is 334 g/mol. The lowest BCUT2D eigenvalue weighted by molar-refractivity contribution is -0.138. The zero-order valence-corrected chi connectivity index (χ0v) is 15.5. The Bertz CT molecular complexity index is 662. The van der Waals surface area contributed by atoms with Gasteiger partial charge in [-0.25, -0.2) is 4.79 Å². The molecule has 8 nitrogen and oxygen atoms in total. The Labute approximate surface area is 153 Å². The number of carbonyl (C=O) groups is 3. The van der Waals surface area contributed by atoms with Gasteiger partial charge in [0.1, 0.15) is 5.54 Å². The fourth-order valence-electron chi connectivity index (χ4n) is 3.83. The molecule has 0 radical (unpaired) electrons. The van der Waals surface area contributed by atoms with Crippen LogP contribution in [0, 0.1) is 5.92 Å². The number of amides is 4. The highest BCUT2D eigenvalue weighted by atomic mass is 16.2. The van der Waals surface area contributed by atoms with Crippen molar-refractivity contribution < 1.29 is 14.4 Å². The quantitative estimate of drug-likeness (QED) is 0.772. The molecule has 8 heteroatoms. The van der Waals surface area contributed by atoms with Crippen molar-refractivity contribution in [3.8, 4) is 0 Å². The van der Waals surface area contributed by atoms with Crippen molar-refractivity contribution in [2.75, 3.05) is 19.6 Å². The predicted molar refractivity (Wildman–Crippen MR) is 95.1 cm³/mol. The fraction of sp³-hybridized carbons (Fsp3) is 0.667. The number of rotatable bonds is 6. The second kappa shape index (κ2) is 7.47. The minimum absolute atomic E-state index is 0.104. The molecule has 1 N–H and O–H groups in total. The molecule has 0 bridgehead atoms. The Morgan fingerprint density at radius 3 is 2.65 bits per heavy atom. The van der Waals surface area contributed by atoms with Crippen LogP contribution in [0.15, 0.2) is 18.5 Å². The molecule has 2 fully saturated rings. The molecular formula is C18H27N5O3. The van der Waals surface area contributed by atoms with Crippen molar-refractivity contribution >= 4 is 17.8 Å². The minimum atomic E-state index is -0.785. The summed E-state index contributed by atoms with van der Waals surface area (Å²) in [5.41, 5.74) is -0.785. The van der Waals surface area contributed by atoms with Gasteiger partial charge < -0.3 is 9.80 Å². The van der Waals surface area contributed by atoms with E-state index in [9.17, 15) is 14.4 Å². The zero-order chi connectivity index (χ0) is 18.7. The SMILES string of the molecule is CC(C)CN1C(=O)NC(=O)C12CCN(C(=O)CCCn1cccn1)CC2. The molecule has 2 aliphatic rings. The van der Waals surface area contributed by atoms with Crippen LogP contribution in [0.25, 0.3) is 0 Å². The Morgan fingerprint density at radius 2 is 2.04 bits per heavy atom. The van der Waals surface area contributed by atoms with E-state index in [2.05, 4.69) is 10.4 Å². The number of nitrogens with one attached hydrogen (secondary N) is 1. The van der Waals surface area contributed by atoms with Crippen molar-refractivity contribution in [2.24, 2.45) is 5.92 Å². The number of hydrogen-bond acceptors (Lipinski definition) is 4. The van der Waals surface area contributed by atoms with Crippen LogP contribution in [0.1, 0.15) is 39.5 Å². The van der Waals surface area contributed by atoms with Gasteiger partial charge in [-0.05, 0) is 31.2 Å². The normalized spacial score (nSPS) is 19.5. The summed E-state index contributed by atoms with van der Waals surface area (Å²) in [5.74, 6) is 0.173. The number of piperidine rings is 1. The summed E-state index contributed by atoms with van der Waals surface area (Å²) in [7, 11) is 0. The maximum absolute atomic E-state index is 12.5. The first-order valence-electron chi connectivity index (χ1n) is 9.30. The lowest BCUT2D eigenvalue weighted by Gasteiger charge is -2.42. The van der Waals surface area contributed by atoms with Gasteiger partial charge in [0.15, 0.2) is 0 Å². The summed E-state index contributed by atoms with van der Waals surface area (Å²) in [6.07, 6.45) is 5.82. The maximum Gasteiger partial charge on any atom is 0.325 e. The highest BCUT2D eigenvalue weighted by Gasteiger charge is 2.54. The second-order valence-electron chi connectivity index (χ2n) is 7.55. The lowest BCUT2D eigenvalue weighted by atomic mass is 9.85. The summed E-state index contributed by atoms with van der Waals surface area (Å²) < 4.78 is 1.82. The third kappa shape index (κ3) is 3.59. The summed E-state index contributed by atoms with van der Waals surface area (Å²) in [5, 5.41) is 6.59. The topological polar surface area (TPSA) is 87.5 Å². The van der Waals surface area contributed by atoms with Crippen LogP contribution >= 0.6 is 0 Å². The van der Waals surface area contributed by atoms with Crippen LogP contribution in [0.4, 0.5) is 4.79 Å². The third-order valence-electron chi connectivity index (χ3n) is 5.23. The first-order chi connectivity index (χ1) is 12.4. The van der Waals surface area contributed by atoms with Gasteiger partial charge in [0.05, 0.1) is 0 Å². The van der Waals surface area contributed by atoms with E-state index in [0.29, 0.717) is 38.9 Å². The van der Waals surface area contributed by atoms with E-state index in [4.69, 9.17) is 0 Å². The zero-order valence-electron chi connectivity index (χ0n) is 15.5. The highest BCUT2D eigenvalue weighted by Crippen LogP contribution is 2.34. The van der Waals surface area contributed by atoms with Crippen LogP contribution < -0.4 is 5.32 Å². The number of aryl methyl sites for hydroxylation is 1. The lowest BCUT2D eigenvalue weighted by Crippen LogP contribution is -2.58. The van der Waals surface area contributed by atoms with Gasteiger partial charge in [-0.1, -0.05) is 13.8 Å². The van der Waals surface area contributed by atoms with E-state index in [-0.39, 0.29) is 23.8 Å². The summed E-state index contributed by atoms with van der Waals surface area (Å²) >= 11 is 0. The van der Waals surface area contributed by atoms with Gasteiger partial charge in [-0.3, -0.25) is 19.6 Å². The Morgan fingerprint density at radius 1 is 1.31 bits per heavy atom. The highest BCUT2D eigenvalue weighted by molar-refractivity contribution is 6.07. The molecule has 0 aromatic carbocycles. The molecule has 0 saturated carbocycles. The average molecular weight is 361 g/mol. The number of nitrogens with zero attached hydrogens (tertiary/aromatic N) is 4. The van der Waals surface area contributed by atoms with Gasteiger partial charge in [0.25, 0.3) is 5.91 Å². The van der Waals surface area contributed by atoms with Crippen molar-refractivity contribution in [1.82, 2.24) is 24.9 Å². The van der Waals surface area contributed by atoms with E-state index in [1.807, 2.05) is 35.7 Å². The summed E-state index contributed by atoms with van der Waals surface area (Å²) in [4.78, 5) is 40.6. The van der Waals surface area contributed by atoms with E-state index < -0.39 is 5.54 Å². The second-order valence-corrected chi connectivity index (χ2v) is 7.55. The molecule has 0 unspecified atom stereocenters. The monoisotopic (exact) mass is 361 g/mol. The minimum Gasteiger partial charge on any atom is -0.342 e. The van der Waals surface area contributed by atoms with Gasteiger partial charge in [0, 0.05) is 45.0 Å². The van der Waals surface area contributed by atoms with Crippen molar-refractivity contribution in [1.29, 1.82) is 0 Å². The van der Waals surface area contributed by atoms with E-state index in [0.717, 1.165) is 13.0 Å².